The number of rotatable bonds is 4. The molecular formula is C27H23F7. The van der Waals surface area contributed by atoms with E-state index < -0.39 is 35.0 Å². The maximum atomic E-state index is 14.9. The zero-order valence-electron chi connectivity index (χ0n) is 18.5. The molecule has 34 heavy (non-hydrogen) atoms. The molecule has 3 aromatic rings. The minimum Gasteiger partial charge on any atom is -0.206 e. The third-order valence-corrected chi connectivity index (χ3v) is 6.81. The van der Waals surface area contributed by atoms with Gasteiger partial charge >= 0.3 is 6.18 Å². The normalized spacial score (nSPS) is 18.8. The zero-order chi connectivity index (χ0) is 24.6. The number of benzene rings is 3. The van der Waals surface area contributed by atoms with Crippen LogP contribution in [0.5, 0.6) is 0 Å². The fourth-order valence-corrected chi connectivity index (χ4v) is 4.84. The number of hydrogen-bond donors (Lipinski definition) is 0. The van der Waals surface area contributed by atoms with Crippen molar-refractivity contribution in [2.75, 3.05) is 0 Å². The summed E-state index contributed by atoms with van der Waals surface area (Å²) in [5, 5.41) is 0. The molecule has 4 rings (SSSR count). The highest BCUT2D eigenvalue weighted by atomic mass is 19.4. The molecule has 0 heterocycles. The monoisotopic (exact) mass is 480 g/mol. The quantitative estimate of drug-likeness (QED) is 0.327. The number of halogens is 7. The van der Waals surface area contributed by atoms with Gasteiger partial charge in [0.25, 0.3) is 0 Å². The lowest BCUT2D eigenvalue weighted by Gasteiger charge is -2.28. The van der Waals surface area contributed by atoms with E-state index in [2.05, 4.69) is 6.92 Å². The van der Waals surface area contributed by atoms with Gasteiger partial charge in [0.15, 0.2) is 0 Å². The topological polar surface area (TPSA) is 0 Å². The molecule has 0 bridgehead atoms. The first kappa shape index (κ1) is 24.3. The predicted octanol–water partition coefficient (Wildman–Crippen LogP) is 9.28. The van der Waals surface area contributed by atoms with Gasteiger partial charge in [0, 0.05) is 11.1 Å². The third kappa shape index (κ3) is 4.84. The number of alkyl halides is 3. The smallest absolute Gasteiger partial charge is 0.206 e. The van der Waals surface area contributed by atoms with Crippen molar-refractivity contribution < 1.29 is 30.7 Å². The highest BCUT2D eigenvalue weighted by Crippen LogP contribution is 2.39. The average molecular weight is 480 g/mol. The van der Waals surface area contributed by atoms with Crippen LogP contribution in [0.3, 0.4) is 0 Å². The van der Waals surface area contributed by atoms with Crippen LogP contribution in [0.4, 0.5) is 30.7 Å². The summed E-state index contributed by atoms with van der Waals surface area (Å²) in [5.74, 6) is -4.10. The van der Waals surface area contributed by atoms with E-state index in [4.69, 9.17) is 0 Å². The van der Waals surface area contributed by atoms with Gasteiger partial charge < -0.3 is 0 Å². The fourth-order valence-electron chi connectivity index (χ4n) is 4.84. The van der Waals surface area contributed by atoms with Crippen LogP contribution in [0.25, 0.3) is 22.3 Å². The van der Waals surface area contributed by atoms with E-state index in [1.807, 2.05) is 6.07 Å². The molecule has 1 aliphatic rings. The molecule has 180 valence electrons. The highest BCUT2D eigenvalue weighted by Gasteiger charge is 2.38. The fraction of sp³-hybridized carbons (Fsp3) is 0.333. The second-order valence-electron chi connectivity index (χ2n) is 8.87. The van der Waals surface area contributed by atoms with Crippen LogP contribution in [0, 0.1) is 29.2 Å². The summed E-state index contributed by atoms with van der Waals surface area (Å²) in [6.45, 7) is 2.18. The minimum atomic E-state index is -5.21. The van der Waals surface area contributed by atoms with Gasteiger partial charge in [-0.05, 0) is 78.5 Å². The van der Waals surface area contributed by atoms with Crippen molar-refractivity contribution >= 4 is 0 Å². The summed E-state index contributed by atoms with van der Waals surface area (Å²) < 4.78 is 95.9. The van der Waals surface area contributed by atoms with Crippen molar-refractivity contribution in [1.29, 1.82) is 0 Å². The summed E-state index contributed by atoms with van der Waals surface area (Å²) >= 11 is 0. The van der Waals surface area contributed by atoms with Gasteiger partial charge in [-0.3, -0.25) is 0 Å². The Morgan fingerprint density at radius 3 is 1.74 bits per heavy atom. The van der Waals surface area contributed by atoms with Crippen molar-refractivity contribution in [2.24, 2.45) is 5.92 Å². The Morgan fingerprint density at radius 1 is 0.676 bits per heavy atom. The molecule has 0 nitrogen and oxygen atoms in total. The summed E-state index contributed by atoms with van der Waals surface area (Å²) in [6.07, 6.45) is 0.161. The molecule has 0 saturated heterocycles. The van der Waals surface area contributed by atoms with Crippen molar-refractivity contribution in [1.82, 2.24) is 0 Å². The van der Waals surface area contributed by atoms with Gasteiger partial charge in [-0.25, -0.2) is 17.6 Å². The van der Waals surface area contributed by atoms with Crippen molar-refractivity contribution in [3.05, 3.63) is 82.9 Å². The van der Waals surface area contributed by atoms with Crippen LogP contribution in [-0.2, 0) is 6.18 Å². The van der Waals surface area contributed by atoms with Crippen molar-refractivity contribution in [3.8, 4) is 22.3 Å². The lowest BCUT2D eigenvalue weighted by atomic mass is 9.77. The van der Waals surface area contributed by atoms with Crippen LogP contribution < -0.4 is 0 Å². The van der Waals surface area contributed by atoms with Gasteiger partial charge in [0.2, 0.25) is 0 Å². The molecule has 0 spiro atoms. The van der Waals surface area contributed by atoms with E-state index in [0.29, 0.717) is 18.1 Å². The first-order valence-corrected chi connectivity index (χ1v) is 11.2. The standard InChI is InChI=1S/C27H23F7/c1-2-15-3-5-16(6-4-15)17-7-9-20(22(28)11-17)18-8-10-21(23(29)12-18)19-13-24(30)26(25(31)14-19)27(32,33)34/h7-16H,2-6H2,1H3. The van der Waals surface area contributed by atoms with Gasteiger partial charge in [-0.1, -0.05) is 37.6 Å². The molecule has 0 N–H and O–H groups in total. The van der Waals surface area contributed by atoms with Crippen molar-refractivity contribution in [3.63, 3.8) is 0 Å². The molecule has 0 aliphatic heterocycles. The Labute approximate surface area is 193 Å². The van der Waals surface area contributed by atoms with E-state index in [0.717, 1.165) is 43.7 Å². The molecule has 0 unspecified atom stereocenters. The first-order valence-electron chi connectivity index (χ1n) is 11.2. The largest absolute Gasteiger partial charge is 0.422 e. The second-order valence-corrected chi connectivity index (χ2v) is 8.87. The summed E-state index contributed by atoms with van der Waals surface area (Å²) in [5.41, 5.74) is -1.41. The highest BCUT2D eigenvalue weighted by molar-refractivity contribution is 5.72. The second kappa shape index (κ2) is 9.43. The molecule has 3 aromatic carbocycles. The third-order valence-electron chi connectivity index (χ3n) is 6.81. The Morgan fingerprint density at radius 2 is 1.21 bits per heavy atom. The lowest BCUT2D eigenvalue weighted by molar-refractivity contribution is -0.142. The molecule has 0 amide bonds. The average Bonchev–Trinajstić information content (AvgIpc) is 2.77. The maximum absolute atomic E-state index is 14.9. The van der Waals surface area contributed by atoms with Crippen LogP contribution in [0.15, 0.2) is 48.5 Å². The van der Waals surface area contributed by atoms with E-state index >= 15 is 0 Å². The summed E-state index contributed by atoms with van der Waals surface area (Å²) in [6, 6.07) is 9.32. The first-order chi connectivity index (χ1) is 16.1. The molecule has 7 heteroatoms. The lowest BCUT2D eigenvalue weighted by Crippen LogP contribution is -2.12. The Kier molecular flexibility index (Phi) is 6.74. The minimum absolute atomic E-state index is 0.168. The Balaban J connectivity index is 1.61. The van der Waals surface area contributed by atoms with E-state index in [1.54, 1.807) is 6.07 Å². The summed E-state index contributed by atoms with van der Waals surface area (Å²) in [4.78, 5) is 0. The van der Waals surface area contributed by atoms with Gasteiger partial charge in [-0.2, -0.15) is 13.2 Å². The molecule has 0 radical (unpaired) electrons. The summed E-state index contributed by atoms with van der Waals surface area (Å²) in [7, 11) is 0. The molecule has 1 fully saturated rings. The van der Waals surface area contributed by atoms with E-state index in [9.17, 15) is 30.7 Å². The van der Waals surface area contributed by atoms with Crippen LogP contribution >= 0.6 is 0 Å². The van der Waals surface area contributed by atoms with Gasteiger partial charge in [0.1, 0.15) is 28.8 Å². The van der Waals surface area contributed by atoms with Gasteiger partial charge in [-0.15, -0.1) is 0 Å². The molecule has 0 atom stereocenters. The zero-order valence-corrected chi connectivity index (χ0v) is 18.5. The van der Waals surface area contributed by atoms with Gasteiger partial charge in [0.05, 0.1) is 0 Å². The van der Waals surface area contributed by atoms with Crippen LogP contribution in [0.1, 0.15) is 56.1 Å². The predicted molar refractivity (Wildman–Crippen MR) is 117 cm³/mol. The molecule has 0 aromatic heterocycles. The Bertz CT molecular complexity index is 1170. The molecule has 1 aliphatic carbocycles. The van der Waals surface area contributed by atoms with E-state index in [-0.39, 0.29) is 28.2 Å². The maximum Gasteiger partial charge on any atom is 0.422 e. The van der Waals surface area contributed by atoms with Crippen LogP contribution in [-0.4, -0.2) is 0 Å². The SMILES string of the molecule is CCC1CCC(c2ccc(-c3ccc(-c4cc(F)c(C(F)(F)F)c(F)c4)c(F)c3)c(F)c2)CC1. The molecule has 1 saturated carbocycles. The Hall–Kier alpha value is -2.83. The van der Waals surface area contributed by atoms with E-state index in [1.165, 1.54) is 18.2 Å². The van der Waals surface area contributed by atoms with Crippen molar-refractivity contribution in [2.45, 2.75) is 51.1 Å². The number of hydrogen-bond acceptors (Lipinski definition) is 0. The van der Waals surface area contributed by atoms with Crippen LogP contribution in [0.2, 0.25) is 0 Å². The molecular weight excluding hydrogens is 457 g/mol.